The number of hydrogen-bond acceptors (Lipinski definition) is 5. The van der Waals surface area contributed by atoms with Crippen molar-refractivity contribution in [3.63, 3.8) is 0 Å². The van der Waals surface area contributed by atoms with Crippen molar-refractivity contribution in [2.45, 2.75) is 46.1 Å². The molecule has 5 heteroatoms. The van der Waals surface area contributed by atoms with Gasteiger partial charge >= 0.3 is 0 Å². The molecule has 0 bridgehead atoms. The van der Waals surface area contributed by atoms with E-state index in [4.69, 9.17) is 4.74 Å². The average Bonchev–Trinajstić information content (AvgIpc) is 2.48. The summed E-state index contributed by atoms with van der Waals surface area (Å²) >= 11 is 0. The first-order valence-corrected chi connectivity index (χ1v) is 8.14. The maximum Gasteiger partial charge on any atom is 0.228 e. The van der Waals surface area contributed by atoms with Crippen LogP contribution in [-0.4, -0.2) is 42.3 Å². The number of piperidine rings is 1. The van der Waals surface area contributed by atoms with Crippen LogP contribution in [-0.2, 0) is 0 Å². The zero-order valence-electron chi connectivity index (χ0n) is 13.5. The largest absolute Gasteiger partial charge is 0.478 e. The van der Waals surface area contributed by atoms with Gasteiger partial charge in [-0.15, -0.1) is 0 Å². The van der Waals surface area contributed by atoms with E-state index in [1.165, 1.54) is 19.3 Å². The smallest absolute Gasteiger partial charge is 0.228 e. The van der Waals surface area contributed by atoms with Crippen LogP contribution in [0.3, 0.4) is 0 Å². The molecule has 0 aromatic carbocycles. The summed E-state index contributed by atoms with van der Waals surface area (Å²) in [5, 5.41) is 3.57. The van der Waals surface area contributed by atoms with E-state index in [1.54, 1.807) is 6.20 Å². The second-order valence-corrected chi connectivity index (χ2v) is 6.02. The molecule has 5 nitrogen and oxygen atoms in total. The molecule has 1 saturated heterocycles. The summed E-state index contributed by atoms with van der Waals surface area (Å²) in [5.74, 6) is 2.15. The minimum absolute atomic E-state index is 0.481. The van der Waals surface area contributed by atoms with Crippen LogP contribution in [0.2, 0.25) is 0 Å². The summed E-state index contributed by atoms with van der Waals surface area (Å²) in [5.41, 5.74) is 0. The van der Waals surface area contributed by atoms with Gasteiger partial charge in [-0.1, -0.05) is 13.8 Å². The summed E-state index contributed by atoms with van der Waals surface area (Å²) in [6.45, 7) is 10.2. The van der Waals surface area contributed by atoms with E-state index in [2.05, 4.69) is 34.0 Å². The first-order valence-electron chi connectivity index (χ1n) is 8.14. The molecule has 0 spiro atoms. The van der Waals surface area contributed by atoms with Crippen molar-refractivity contribution in [1.82, 2.24) is 15.3 Å². The van der Waals surface area contributed by atoms with E-state index in [1.807, 2.05) is 13.0 Å². The highest BCUT2D eigenvalue weighted by atomic mass is 16.5. The number of hydrogen-bond donors (Lipinski definition) is 1. The Morgan fingerprint density at radius 2 is 2.29 bits per heavy atom. The molecular weight excluding hydrogens is 264 g/mol. The highest BCUT2D eigenvalue weighted by Gasteiger charge is 2.24. The lowest BCUT2D eigenvalue weighted by atomic mass is 10.0. The Bertz CT molecular complexity index is 424. The Labute approximate surface area is 128 Å². The van der Waals surface area contributed by atoms with Gasteiger partial charge < -0.3 is 15.0 Å². The minimum atomic E-state index is 0.481. The van der Waals surface area contributed by atoms with E-state index < -0.39 is 0 Å². The third-order valence-corrected chi connectivity index (χ3v) is 3.73. The van der Waals surface area contributed by atoms with Crippen molar-refractivity contribution >= 4 is 5.95 Å². The van der Waals surface area contributed by atoms with E-state index in [0.717, 1.165) is 25.6 Å². The molecule has 1 aromatic heterocycles. The number of anilines is 1. The van der Waals surface area contributed by atoms with Crippen molar-refractivity contribution < 1.29 is 4.74 Å². The van der Waals surface area contributed by atoms with E-state index >= 15 is 0 Å². The summed E-state index contributed by atoms with van der Waals surface area (Å²) in [6.07, 6.45) is 5.49. The van der Waals surface area contributed by atoms with Crippen molar-refractivity contribution in [3.8, 4) is 5.88 Å². The molecule has 118 valence electrons. The standard InChI is InChI=1S/C16H28N4O/c1-4-21-15-8-9-18-16(19-15)20-10-6-5-7-14(20)12-17-11-13(2)3/h8-9,13-14,17H,4-7,10-12H2,1-3H3. The van der Waals surface area contributed by atoms with Gasteiger partial charge in [0.15, 0.2) is 0 Å². The quantitative estimate of drug-likeness (QED) is 0.836. The van der Waals surface area contributed by atoms with Crippen LogP contribution < -0.4 is 15.0 Å². The second kappa shape index (κ2) is 8.17. The third kappa shape index (κ3) is 4.84. The molecule has 1 fully saturated rings. The normalized spacial score (nSPS) is 19.0. The van der Waals surface area contributed by atoms with Gasteiger partial charge in [-0.3, -0.25) is 0 Å². The predicted octanol–water partition coefficient (Wildman–Crippen LogP) is 2.48. The SMILES string of the molecule is CCOc1ccnc(N2CCCCC2CNCC(C)C)n1. The number of nitrogens with one attached hydrogen (secondary N) is 1. The first kappa shape index (κ1) is 16.0. The van der Waals surface area contributed by atoms with Gasteiger partial charge in [-0.2, -0.15) is 4.98 Å². The predicted molar refractivity (Wildman–Crippen MR) is 85.9 cm³/mol. The van der Waals surface area contributed by atoms with Crippen LogP contribution in [0.1, 0.15) is 40.0 Å². The van der Waals surface area contributed by atoms with Gasteiger partial charge in [0.05, 0.1) is 6.61 Å². The topological polar surface area (TPSA) is 50.3 Å². The van der Waals surface area contributed by atoms with Crippen molar-refractivity contribution in [1.29, 1.82) is 0 Å². The molecular formula is C16H28N4O. The fraction of sp³-hybridized carbons (Fsp3) is 0.750. The highest BCUT2D eigenvalue weighted by molar-refractivity contribution is 5.34. The van der Waals surface area contributed by atoms with Crippen molar-refractivity contribution in [2.24, 2.45) is 5.92 Å². The Morgan fingerprint density at radius 1 is 1.43 bits per heavy atom. The summed E-state index contributed by atoms with van der Waals surface area (Å²) in [7, 11) is 0. The van der Waals surface area contributed by atoms with Gasteiger partial charge in [0.25, 0.3) is 0 Å². The summed E-state index contributed by atoms with van der Waals surface area (Å²) in [6, 6.07) is 2.30. The Hall–Kier alpha value is -1.36. The zero-order valence-corrected chi connectivity index (χ0v) is 13.5. The molecule has 0 radical (unpaired) electrons. The monoisotopic (exact) mass is 292 g/mol. The molecule has 1 unspecified atom stereocenters. The lowest BCUT2D eigenvalue weighted by Crippen LogP contribution is -2.47. The molecule has 0 amide bonds. The zero-order chi connectivity index (χ0) is 15.1. The molecule has 1 atom stereocenters. The van der Waals surface area contributed by atoms with Crippen LogP contribution in [0.4, 0.5) is 5.95 Å². The maximum atomic E-state index is 5.49. The van der Waals surface area contributed by atoms with Gasteiger partial charge in [0.2, 0.25) is 11.8 Å². The van der Waals surface area contributed by atoms with E-state index in [-0.39, 0.29) is 0 Å². The summed E-state index contributed by atoms with van der Waals surface area (Å²) in [4.78, 5) is 11.3. The van der Waals surface area contributed by atoms with Crippen LogP contribution in [0, 0.1) is 5.92 Å². The van der Waals surface area contributed by atoms with Crippen LogP contribution in [0.25, 0.3) is 0 Å². The summed E-state index contributed by atoms with van der Waals surface area (Å²) < 4.78 is 5.49. The first-order chi connectivity index (χ1) is 10.2. The maximum absolute atomic E-state index is 5.49. The van der Waals surface area contributed by atoms with Crippen LogP contribution in [0.5, 0.6) is 5.88 Å². The molecule has 1 aliphatic rings. The molecule has 1 aromatic rings. The van der Waals surface area contributed by atoms with Crippen molar-refractivity contribution in [3.05, 3.63) is 12.3 Å². The van der Waals surface area contributed by atoms with Crippen LogP contribution in [0.15, 0.2) is 12.3 Å². The lowest BCUT2D eigenvalue weighted by molar-refractivity contribution is 0.325. The lowest BCUT2D eigenvalue weighted by Gasteiger charge is -2.36. The fourth-order valence-electron chi connectivity index (χ4n) is 2.71. The molecule has 2 heterocycles. The number of ether oxygens (including phenoxy) is 1. The van der Waals surface area contributed by atoms with Gasteiger partial charge in [0, 0.05) is 31.4 Å². The van der Waals surface area contributed by atoms with Gasteiger partial charge in [0.1, 0.15) is 0 Å². The molecule has 2 rings (SSSR count). The minimum Gasteiger partial charge on any atom is -0.478 e. The fourth-order valence-corrected chi connectivity index (χ4v) is 2.71. The van der Waals surface area contributed by atoms with Gasteiger partial charge in [-0.25, -0.2) is 4.98 Å². The molecule has 0 saturated carbocycles. The molecule has 21 heavy (non-hydrogen) atoms. The molecule has 1 N–H and O–H groups in total. The van der Waals surface area contributed by atoms with Crippen molar-refractivity contribution in [2.75, 3.05) is 31.1 Å². The third-order valence-electron chi connectivity index (χ3n) is 3.73. The second-order valence-electron chi connectivity index (χ2n) is 6.02. The van der Waals surface area contributed by atoms with Gasteiger partial charge in [-0.05, 0) is 38.6 Å². The Balaban J connectivity index is 2.01. The van der Waals surface area contributed by atoms with E-state index in [9.17, 15) is 0 Å². The number of rotatable bonds is 7. The average molecular weight is 292 g/mol. The Kier molecular flexibility index (Phi) is 6.23. The Morgan fingerprint density at radius 3 is 3.05 bits per heavy atom. The number of aromatic nitrogens is 2. The van der Waals surface area contributed by atoms with E-state index in [0.29, 0.717) is 24.4 Å². The highest BCUT2D eigenvalue weighted by Crippen LogP contribution is 2.22. The van der Waals surface area contributed by atoms with Crippen LogP contribution >= 0.6 is 0 Å². The molecule has 1 aliphatic heterocycles. The molecule has 0 aliphatic carbocycles. The number of nitrogens with zero attached hydrogens (tertiary/aromatic N) is 3.